The van der Waals surface area contributed by atoms with E-state index in [-0.39, 0.29) is 5.41 Å². The van der Waals surface area contributed by atoms with Crippen LogP contribution >= 0.6 is 11.6 Å². The quantitative estimate of drug-likeness (QED) is 0.208. The number of allylic oxidation sites excluding steroid dienone is 1. The van der Waals surface area contributed by atoms with Gasteiger partial charge >= 0.3 is 0 Å². The zero-order chi connectivity index (χ0) is 27.6. The van der Waals surface area contributed by atoms with Crippen LogP contribution in [0.4, 0.5) is 0 Å². The van der Waals surface area contributed by atoms with E-state index in [1.165, 1.54) is 61.2 Å². The second kappa shape index (κ2) is 9.20. The molecular formula is C40H27Cl. The zero-order valence-corrected chi connectivity index (χ0v) is 23.5. The second-order valence-electron chi connectivity index (χ2n) is 10.9. The van der Waals surface area contributed by atoms with Crippen molar-refractivity contribution in [1.82, 2.24) is 0 Å². The summed E-state index contributed by atoms with van der Waals surface area (Å²) in [5.74, 6) is 0. The maximum absolute atomic E-state index is 6.80. The van der Waals surface area contributed by atoms with Crippen molar-refractivity contribution in [2.45, 2.75) is 12.3 Å². The average molecular weight is 543 g/mol. The summed E-state index contributed by atoms with van der Waals surface area (Å²) >= 11 is 6.80. The van der Waals surface area contributed by atoms with Crippen molar-refractivity contribution in [2.24, 2.45) is 0 Å². The lowest BCUT2D eigenvalue weighted by Crippen LogP contribution is -2.26. The molecule has 0 fully saturated rings. The molecule has 41 heavy (non-hydrogen) atoms. The van der Waals surface area contributed by atoms with E-state index in [4.69, 9.17) is 11.6 Å². The molecule has 0 N–H and O–H groups in total. The normalized spacial score (nSPS) is 13.7. The van der Waals surface area contributed by atoms with Gasteiger partial charge in [0.15, 0.2) is 0 Å². The molecular weight excluding hydrogens is 516 g/mol. The Labute approximate surface area is 246 Å². The van der Waals surface area contributed by atoms with Gasteiger partial charge in [-0.2, -0.15) is 0 Å². The summed E-state index contributed by atoms with van der Waals surface area (Å²) in [5.41, 5.74) is 16.1. The van der Waals surface area contributed by atoms with Crippen LogP contribution in [-0.4, -0.2) is 0 Å². The summed E-state index contributed by atoms with van der Waals surface area (Å²) < 4.78 is 0. The van der Waals surface area contributed by atoms with E-state index >= 15 is 0 Å². The molecule has 0 bridgehead atoms. The van der Waals surface area contributed by atoms with Gasteiger partial charge in [-0.1, -0.05) is 139 Å². The third-order valence-electron chi connectivity index (χ3n) is 8.86. The van der Waals surface area contributed by atoms with Crippen LogP contribution < -0.4 is 0 Å². The van der Waals surface area contributed by atoms with Gasteiger partial charge in [-0.25, -0.2) is 0 Å². The molecule has 1 spiro atoms. The van der Waals surface area contributed by atoms with Gasteiger partial charge in [0.2, 0.25) is 0 Å². The Balaban J connectivity index is 1.54. The Morgan fingerprint density at radius 1 is 0.463 bits per heavy atom. The number of halogens is 1. The van der Waals surface area contributed by atoms with Crippen molar-refractivity contribution in [3.63, 3.8) is 0 Å². The molecule has 8 rings (SSSR count). The van der Waals surface area contributed by atoms with Crippen LogP contribution in [0, 0.1) is 0 Å². The summed E-state index contributed by atoms with van der Waals surface area (Å²) in [4.78, 5) is 0. The Hall–Kier alpha value is -4.65. The maximum Gasteiger partial charge on any atom is 0.0725 e. The van der Waals surface area contributed by atoms with Crippen LogP contribution in [0.5, 0.6) is 0 Å². The molecule has 0 aromatic heterocycles. The van der Waals surface area contributed by atoms with E-state index in [2.05, 4.69) is 140 Å². The van der Waals surface area contributed by atoms with Gasteiger partial charge in [-0.05, 0) is 91.9 Å². The van der Waals surface area contributed by atoms with E-state index in [1.54, 1.807) is 0 Å². The van der Waals surface area contributed by atoms with Gasteiger partial charge in [-0.15, -0.1) is 0 Å². The van der Waals surface area contributed by atoms with Crippen LogP contribution in [0.15, 0.2) is 140 Å². The van der Waals surface area contributed by atoms with Crippen molar-refractivity contribution in [1.29, 1.82) is 0 Å². The van der Waals surface area contributed by atoms with E-state index in [1.807, 2.05) is 12.1 Å². The molecule has 1 heteroatoms. The maximum atomic E-state index is 6.80. The first kappa shape index (κ1) is 24.2. The summed E-state index contributed by atoms with van der Waals surface area (Å²) in [5, 5.41) is 0.761. The lowest BCUT2D eigenvalue weighted by atomic mass is 9.70. The van der Waals surface area contributed by atoms with Crippen molar-refractivity contribution in [3.05, 3.63) is 172 Å². The number of fused-ring (bicyclic) bond motifs is 10. The fraction of sp³-hybridized carbons (Fsp3) is 0.0500. The molecule has 0 atom stereocenters. The SMILES string of the molecule is C/C=C/c1cc(-c2ccccc2-c2ccccc2Cl)c2c(c1)C1(c3ccccc3-c3ccccc31)c1ccccc1-2. The van der Waals surface area contributed by atoms with Crippen LogP contribution in [-0.2, 0) is 5.41 Å². The second-order valence-corrected chi connectivity index (χ2v) is 11.3. The number of hydrogen-bond donors (Lipinski definition) is 0. The highest BCUT2D eigenvalue weighted by molar-refractivity contribution is 6.33. The number of benzene rings is 6. The molecule has 2 aliphatic carbocycles. The van der Waals surface area contributed by atoms with Crippen molar-refractivity contribution < 1.29 is 0 Å². The van der Waals surface area contributed by atoms with E-state index in [0.717, 1.165) is 16.1 Å². The van der Waals surface area contributed by atoms with Crippen molar-refractivity contribution in [2.75, 3.05) is 0 Å². The molecule has 6 aromatic carbocycles. The molecule has 2 aliphatic rings. The fourth-order valence-corrected chi connectivity index (χ4v) is 7.61. The van der Waals surface area contributed by atoms with Gasteiger partial charge in [0.25, 0.3) is 0 Å². The average Bonchev–Trinajstić information content (AvgIpc) is 3.49. The lowest BCUT2D eigenvalue weighted by Gasteiger charge is -2.31. The highest BCUT2D eigenvalue weighted by atomic mass is 35.5. The first-order valence-electron chi connectivity index (χ1n) is 14.2. The molecule has 6 aromatic rings. The third-order valence-corrected chi connectivity index (χ3v) is 9.19. The van der Waals surface area contributed by atoms with Gasteiger partial charge in [0.1, 0.15) is 0 Å². The van der Waals surface area contributed by atoms with E-state index in [0.29, 0.717) is 0 Å². The summed E-state index contributed by atoms with van der Waals surface area (Å²) in [6, 6.07) is 48.6. The van der Waals surface area contributed by atoms with Crippen LogP contribution in [0.1, 0.15) is 34.7 Å². The Morgan fingerprint density at radius 3 is 1.51 bits per heavy atom. The summed E-state index contributed by atoms with van der Waals surface area (Å²) in [6.45, 7) is 2.09. The Morgan fingerprint density at radius 2 is 0.927 bits per heavy atom. The molecule has 0 amide bonds. The fourth-order valence-electron chi connectivity index (χ4n) is 7.37. The monoisotopic (exact) mass is 542 g/mol. The van der Waals surface area contributed by atoms with Crippen LogP contribution in [0.2, 0.25) is 5.02 Å². The van der Waals surface area contributed by atoms with E-state index in [9.17, 15) is 0 Å². The summed E-state index contributed by atoms with van der Waals surface area (Å²) in [6.07, 6.45) is 4.36. The topological polar surface area (TPSA) is 0 Å². The standard InChI is InChI=1S/C40H27Cl/c1-2-13-26-24-33(28-15-4-3-14-27(28)31-18-8-12-23-38(31)41)39-32-19-7-11-22-36(32)40(37(39)25-26)34-20-9-5-16-29(34)30-17-6-10-21-35(30)40/h2-25H,1H3/b13-2+. The predicted molar refractivity (Wildman–Crippen MR) is 173 cm³/mol. The highest BCUT2D eigenvalue weighted by Crippen LogP contribution is 2.64. The lowest BCUT2D eigenvalue weighted by molar-refractivity contribution is 0.793. The molecule has 0 heterocycles. The minimum atomic E-state index is -0.384. The molecule has 0 radical (unpaired) electrons. The largest absolute Gasteiger partial charge is 0.0871 e. The zero-order valence-electron chi connectivity index (χ0n) is 22.7. The molecule has 0 saturated carbocycles. The van der Waals surface area contributed by atoms with Crippen LogP contribution in [0.25, 0.3) is 50.6 Å². The van der Waals surface area contributed by atoms with E-state index < -0.39 is 0 Å². The first-order valence-corrected chi connectivity index (χ1v) is 14.6. The minimum absolute atomic E-state index is 0.384. The summed E-state index contributed by atoms with van der Waals surface area (Å²) in [7, 11) is 0. The molecule has 0 nitrogen and oxygen atoms in total. The first-order chi connectivity index (χ1) is 20.2. The van der Waals surface area contributed by atoms with Gasteiger partial charge in [-0.3, -0.25) is 0 Å². The van der Waals surface area contributed by atoms with Crippen LogP contribution in [0.3, 0.4) is 0 Å². The Kier molecular flexibility index (Phi) is 5.42. The molecule has 0 unspecified atom stereocenters. The Bertz CT molecular complexity index is 1980. The molecule has 0 saturated heterocycles. The molecule has 194 valence electrons. The third kappa shape index (κ3) is 3.29. The van der Waals surface area contributed by atoms with Gasteiger partial charge < -0.3 is 0 Å². The predicted octanol–water partition coefficient (Wildman–Crippen LogP) is 11.1. The van der Waals surface area contributed by atoms with Crippen molar-refractivity contribution in [3.8, 4) is 44.5 Å². The van der Waals surface area contributed by atoms with Crippen molar-refractivity contribution >= 4 is 17.7 Å². The minimum Gasteiger partial charge on any atom is -0.0871 e. The molecule has 0 aliphatic heterocycles. The number of hydrogen-bond acceptors (Lipinski definition) is 0. The van der Waals surface area contributed by atoms with Gasteiger partial charge in [0.05, 0.1) is 5.41 Å². The van der Waals surface area contributed by atoms with Gasteiger partial charge in [0, 0.05) is 10.6 Å². The number of rotatable bonds is 3. The smallest absolute Gasteiger partial charge is 0.0725 e. The highest BCUT2D eigenvalue weighted by Gasteiger charge is 2.52.